The normalized spacial score (nSPS) is 17.3. The minimum absolute atomic E-state index is 0.426. The minimum Gasteiger partial charge on any atom is -0.296 e. The molecule has 3 heteroatoms. The second-order valence-electron chi connectivity index (χ2n) is 4.55. The van der Waals surface area contributed by atoms with E-state index in [0.717, 1.165) is 24.2 Å². The number of aldehydes is 1. The van der Waals surface area contributed by atoms with Gasteiger partial charge < -0.3 is 0 Å². The molecule has 0 atom stereocenters. The second-order valence-corrected chi connectivity index (χ2v) is 4.94. The van der Waals surface area contributed by atoms with Crippen LogP contribution in [0.1, 0.15) is 48.2 Å². The molecule has 1 aromatic heterocycles. The fourth-order valence-corrected chi connectivity index (χ4v) is 2.71. The quantitative estimate of drug-likeness (QED) is 0.593. The van der Waals surface area contributed by atoms with Gasteiger partial charge in [0.15, 0.2) is 6.29 Å². The molecule has 1 saturated carbocycles. The monoisotopic (exact) mass is 237 g/mol. The van der Waals surface area contributed by atoms with Crippen LogP contribution in [0.15, 0.2) is 12.1 Å². The maximum Gasteiger partial charge on any atom is 0.168 e. The summed E-state index contributed by atoms with van der Waals surface area (Å²) in [6, 6.07) is 3.73. The Balaban J connectivity index is 2.07. The Morgan fingerprint density at radius 2 is 2.06 bits per heavy atom. The number of hydrogen-bond donors (Lipinski definition) is 0. The Kier molecular flexibility index (Phi) is 3.94. The van der Waals surface area contributed by atoms with Gasteiger partial charge in [-0.25, -0.2) is 4.98 Å². The van der Waals surface area contributed by atoms with Crippen LogP contribution >= 0.6 is 11.6 Å². The van der Waals surface area contributed by atoms with Crippen molar-refractivity contribution in [1.29, 1.82) is 0 Å². The second kappa shape index (κ2) is 5.44. The van der Waals surface area contributed by atoms with Crippen molar-refractivity contribution in [3.63, 3.8) is 0 Å². The maximum absolute atomic E-state index is 10.7. The number of halogens is 1. The summed E-state index contributed by atoms with van der Waals surface area (Å²) in [5.74, 6) is 0.756. The Hall–Kier alpha value is -0.890. The number of pyridine rings is 1. The van der Waals surface area contributed by atoms with Gasteiger partial charge >= 0.3 is 0 Å². The number of aromatic nitrogens is 1. The average molecular weight is 238 g/mol. The van der Waals surface area contributed by atoms with E-state index in [1.807, 2.05) is 12.1 Å². The molecule has 2 rings (SSSR count). The lowest BCUT2D eigenvalue weighted by atomic mass is 9.85. The van der Waals surface area contributed by atoms with Crippen LogP contribution in [0.3, 0.4) is 0 Å². The van der Waals surface area contributed by atoms with Crippen molar-refractivity contribution in [2.45, 2.75) is 38.5 Å². The van der Waals surface area contributed by atoms with Gasteiger partial charge in [-0.05, 0) is 30.0 Å². The third kappa shape index (κ3) is 3.05. The van der Waals surface area contributed by atoms with Crippen LogP contribution in [0.4, 0.5) is 0 Å². The zero-order valence-electron chi connectivity index (χ0n) is 9.29. The highest BCUT2D eigenvalue weighted by molar-refractivity contribution is 6.29. The van der Waals surface area contributed by atoms with E-state index in [2.05, 4.69) is 4.98 Å². The van der Waals surface area contributed by atoms with Crippen LogP contribution in [0.2, 0.25) is 5.15 Å². The van der Waals surface area contributed by atoms with E-state index in [-0.39, 0.29) is 0 Å². The fourth-order valence-electron chi connectivity index (χ4n) is 2.48. The summed E-state index contributed by atoms with van der Waals surface area (Å²) in [5, 5.41) is 0.426. The standard InChI is InChI=1S/C13H16ClNO/c14-13-8-11(7-12(9-16)15-13)6-10-4-2-1-3-5-10/h7-10H,1-6H2. The summed E-state index contributed by atoms with van der Waals surface area (Å²) >= 11 is 5.88. The first-order chi connectivity index (χ1) is 7.78. The third-order valence-electron chi connectivity index (χ3n) is 3.24. The predicted molar refractivity (Wildman–Crippen MR) is 64.9 cm³/mol. The Bertz CT molecular complexity index is 372. The van der Waals surface area contributed by atoms with Crippen LogP contribution in [0, 0.1) is 5.92 Å². The van der Waals surface area contributed by atoms with Crippen molar-refractivity contribution >= 4 is 17.9 Å². The minimum atomic E-state index is 0.426. The van der Waals surface area contributed by atoms with Gasteiger partial charge in [0.05, 0.1) is 0 Å². The van der Waals surface area contributed by atoms with Gasteiger partial charge in [-0.1, -0.05) is 43.7 Å². The molecular weight excluding hydrogens is 222 g/mol. The molecule has 0 radical (unpaired) electrons. The van der Waals surface area contributed by atoms with Crippen molar-refractivity contribution in [1.82, 2.24) is 4.98 Å². The first kappa shape index (κ1) is 11.6. The van der Waals surface area contributed by atoms with Crippen LogP contribution in [-0.2, 0) is 6.42 Å². The number of nitrogens with zero attached hydrogens (tertiary/aromatic N) is 1. The number of carbonyl (C=O) groups excluding carboxylic acids is 1. The molecule has 0 amide bonds. The number of hydrogen-bond acceptors (Lipinski definition) is 2. The van der Waals surface area contributed by atoms with Crippen LogP contribution in [0.5, 0.6) is 0 Å². The highest BCUT2D eigenvalue weighted by Crippen LogP contribution is 2.27. The molecule has 1 aliphatic carbocycles. The molecular formula is C13H16ClNO. The molecule has 86 valence electrons. The van der Waals surface area contributed by atoms with E-state index in [9.17, 15) is 4.79 Å². The molecule has 1 fully saturated rings. The van der Waals surface area contributed by atoms with Gasteiger partial charge in [0, 0.05) is 0 Å². The number of rotatable bonds is 3. The van der Waals surface area contributed by atoms with Crippen LogP contribution < -0.4 is 0 Å². The van der Waals surface area contributed by atoms with Crippen molar-refractivity contribution < 1.29 is 4.79 Å². The summed E-state index contributed by atoms with van der Waals surface area (Å²) in [5.41, 5.74) is 1.59. The summed E-state index contributed by atoms with van der Waals surface area (Å²) in [6.45, 7) is 0. The Labute approximate surface area is 101 Å². The molecule has 1 aliphatic rings. The third-order valence-corrected chi connectivity index (χ3v) is 3.44. The predicted octanol–water partition coefficient (Wildman–Crippen LogP) is 3.67. The summed E-state index contributed by atoms with van der Waals surface area (Å²) in [4.78, 5) is 14.6. The molecule has 0 spiro atoms. The summed E-state index contributed by atoms with van der Waals surface area (Å²) < 4.78 is 0. The lowest BCUT2D eigenvalue weighted by Crippen LogP contribution is -2.09. The van der Waals surface area contributed by atoms with E-state index in [4.69, 9.17) is 11.6 Å². The van der Waals surface area contributed by atoms with Crippen molar-refractivity contribution in [3.8, 4) is 0 Å². The smallest absolute Gasteiger partial charge is 0.168 e. The highest BCUT2D eigenvalue weighted by Gasteiger charge is 2.14. The highest BCUT2D eigenvalue weighted by atomic mass is 35.5. The molecule has 0 saturated heterocycles. The van der Waals surface area contributed by atoms with Crippen molar-refractivity contribution in [2.24, 2.45) is 5.92 Å². The average Bonchev–Trinajstić information content (AvgIpc) is 2.29. The molecule has 0 unspecified atom stereocenters. The largest absolute Gasteiger partial charge is 0.296 e. The fraction of sp³-hybridized carbons (Fsp3) is 0.538. The molecule has 0 aromatic carbocycles. The molecule has 2 nitrogen and oxygen atoms in total. The summed E-state index contributed by atoms with van der Waals surface area (Å²) in [7, 11) is 0. The van der Waals surface area contributed by atoms with Gasteiger partial charge in [-0.15, -0.1) is 0 Å². The molecule has 0 N–H and O–H groups in total. The van der Waals surface area contributed by atoms with E-state index in [0.29, 0.717) is 10.8 Å². The topological polar surface area (TPSA) is 30.0 Å². The van der Waals surface area contributed by atoms with Crippen LogP contribution in [-0.4, -0.2) is 11.3 Å². The van der Waals surface area contributed by atoms with E-state index >= 15 is 0 Å². The zero-order valence-corrected chi connectivity index (χ0v) is 10.0. The first-order valence-electron chi connectivity index (χ1n) is 5.89. The molecule has 16 heavy (non-hydrogen) atoms. The van der Waals surface area contributed by atoms with Gasteiger partial charge in [0.25, 0.3) is 0 Å². The lowest BCUT2D eigenvalue weighted by molar-refractivity contribution is 0.111. The van der Waals surface area contributed by atoms with E-state index in [1.165, 1.54) is 32.1 Å². The summed E-state index contributed by atoms with van der Waals surface area (Å²) in [6.07, 6.45) is 8.44. The van der Waals surface area contributed by atoms with Crippen LogP contribution in [0.25, 0.3) is 0 Å². The molecule has 0 aliphatic heterocycles. The zero-order chi connectivity index (χ0) is 11.4. The molecule has 1 aromatic rings. The van der Waals surface area contributed by atoms with E-state index < -0.39 is 0 Å². The lowest BCUT2D eigenvalue weighted by Gasteiger charge is -2.21. The van der Waals surface area contributed by atoms with E-state index in [1.54, 1.807) is 0 Å². The van der Waals surface area contributed by atoms with Crippen molar-refractivity contribution in [3.05, 3.63) is 28.5 Å². The SMILES string of the molecule is O=Cc1cc(CC2CCCCC2)cc(Cl)n1. The van der Waals surface area contributed by atoms with Gasteiger partial charge in [-0.2, -0.15) is 0 Å². The van der Waals surface area contributed by atoms with Crippen molar-refractivity contribution in [2.75, 3.05) is 0 Å². The number of carbonyl (C=O) groups is 1. The maximum atomic E-state index is 10.7. The molecule has 1 heterocycles. The van der Waals surface area contributed by atoms with Gasteiger partial charge in [0.1, 0.15) is 10.8 Å². The Morgan fingerprint density at radius 3 is 2.75 bits per heavy atom. The van der Waals surface area contributed by atoms with Gasteiger partial charge in [-0.3, -0.25) is 4.79 Å². The molecule has 0 bridgehead atoms. The Morgan fingerprint density at radius 1 is 1.31 bits per heavy atom. The first-order valence-corrected chi connectivity index (χ1v) is 6.27. The van der Waals surface area contributed by atoms with Gasteiger partial charge in [0.2, 0.25) is 0 Å².